The van der Waals surface area contributed by atoms with E-state index < -0.39 is 5.97 Å². The third-order valence-electron chi connectivity index (χ3n) is 3.00. The number of rotatable bonds is 8. The predicted octanol–water partition coefficient (Wildman–Crippen LogP) is 2.77. The van der Waals surface area contributed by atoms with Crippen molar-refractivity contribution in [1.29, 1.82) is 0 Å². The number of benzene rings is 1. The van der Waals surface area contributed by atoms with Crippen LogP contribution < -0.4 is 10.1 Å². The topological polar surface area (TPSA) is 88.5 Å². The Kier molecular flexibility index (Phi) is 6.08. The number of thiazole rings is 1. The van der Waals surface area contributed by atoms with Gasteiger partial charge in [-0.15, -0.1) is 11.3 Å². The number of carbonyl (C=O) groups excluding carboxylic acids is 1. The number of carboxylic acid groups (broad SMARTS) is 1. The molecule has 0 unspecified atom stereocenters. The maximum Gasteiger partial charge on any atom is 0.355 e. The number of carboxylic acids is 1. The molecule has 2 rings (SSSR count). The summed E-state index contributed by atoms with van der Waals surface area (Å²) in [4.78, 5) is 26.8. The van der Waals surface area contributed by atoms with Crippen LogP contribution in [-0.2, 0) is 6.42 Å². The Morgan fingerprint density at radius 2 is 2.04 bits per heavy atom. The highest BCUT2D eigenvalue weighted by Crippen LogP contribution is 2.13. The van der Waals surface area contributed by atoms with E-state index in [-0.39, 0.29) is 11.6 Å². The molecule has 2 aromatic rings. The summed E-state index contributed by atoms with van der Waals surface area (Å²) >= 11 is 1.27. The van der Waals surface area contributed by atoms with Gasteiger partial charge in [0, 0.05) is 23.9 Å². The van der Waals surface area contributed by atoms with Crippen molar-refractivity contribution < 1.29 is 19.4 Å². The molecule has 0 fully saturated rings. The molecule has 1 aromatic heterocycles. The van der Waals surface area contributed by atoms with E-state index in [1.165, 1.54) is 16.7 Å². The molecule has 2 N–H and O–H groups in total. The average Bonchev–Trinajstić information content (AvgIpc) is 3.02. The molecule has 1 amide bonds. The van der Waals surface area contributed by atoms with E-state index in [4.69, 9.17) is 9.84 Å². The fourth-order valence-electron chi connectivity index (χ4n) is 1.82. The summed E-state index contributed by atoms with van der Waals surface area (Å²) in [5.74, 6) is -0.564. The minimum atomic E-state index is -1.05. The van der Waals surface area contributed by atoms with Crippen molar-refractivity contribution in [3.63, 3.8) is 0 Å². The summed E-state index contributed by atoms with van der Waals surface area (Å²) in [7, 11) is 0. The summed E-state index contributed by atoms with van der Waals surface area (Å²) in [6.45, 7) is 6.47. The maximum atomic E-state index is 12.0. The average molecular weight is 346 g/mol. The van der Waals surface area contributed by atoms with E-state index >= 15 is 0 Å². The van der Waals surface area contributed by atoms with Crippen LogP contribution in [0.15, 0.2) is 41.8 Å². The molecule has 0 aliphatic carbocycles. The van der Waals surface area contributed by atoms with E-state index in [0.717, 1.165) is 5.57 Å². The molecule has 126 valence electrons. The van der Waals surface area contributed by atoms with Crippen LogP contribution in [0.5, 0.6) is 5.75 Å². The smallest absolute Gasteiger partial charge is 0.355 e. The van der Waals surface area contributed by atoms with Gasteiger partial charge in [0.1, 0.15) is 12.4 Å². The first kappa shape index (κ1) is 17.7. The molecule has 0 spiro atoms. The summed E-state index contributed by atoms with van der Waals surface area (Å²) in [6, 6.07) is 6.85. The normalized spacial score (nSPS) is 10.2. The number of nitrogens with zero attached hydrogens (tertiary/aromatic N) is 1. The molecule has 0 atom stereocenters. The first-order valence-electron chi connectivity index (χ1n) is 7.29. The fourth-order valence-corrected chi connectivity index (χ4v) is 2.59. The number of carbonyl (C=O) groups is 2. The van der Waals surface area contributed by atoms with Crippen molar-refractivity contribution in [2.24, 2.45) is 0 Å². The Balaban J connectivity index is 1.81. The Labute approximate surface area is 143 Å². The lowest BCUT2D eigenvalue weighted by Crippen LogP contribution is -2.25. The third kappa shape index (κ3) is 5.20. The molecular formula is C17H18N2O4S. The van der Waals surface area contributed by atoms with Crippen LogP contribution in [-0.4, -0.2) is 35.1 Å². The van der Waals surface area contributed by atoms with Crippen LogP contribution in [0.3, 0.4) is 0 Å². The zero-order chi connectivity index (χ0) is 17.5. The molecule has 1 aromatic carbocycles. The van der Waals surface area contributed by atoms with Gasteiger partial charge in [-0.1, -0.05) is 6.58 Å². The maximum absolute atomic E-state index is 12.0. The fraction of sp³-hybridized carbons (Fsp3) is 0.235. The van der Waals surface area contributed by atoms with Gasteiger partial charge in [0.2, 0.25) is 0 Å². The first-order chi connectivity index (χ1) is 11.5. The molecule has 0 aliphatic rings. The van der Waals surface area contributed by atoms with Gasteiger partial charge in [-0.25, -0.2) is 9.78 Å². The van der Waals surface area contributed by atoms with Gasteiger partial charge < -0.3 is 15.2 Å². The lowest BCUT2D eigenvalue weighted by atomic mass is 10.2. The first-order valence-corrected chi connectivity index (χ1v) is 8.17. The Bertz CT molecular complexity index is 737. The van der Waals surface area contributed by atoms with Crippen molar-refractivity contribution in [2.45, 2.75) is 13.3 Å². The molecule has 0 radical (unpaired) electrons. The Morgan fingerprint density at radius 1 is 1.33 bits per heavy atom. The minimum Gasteiger partial charge on any atom is -0.489 e. The quantitative estimate of drug-likeness (QED) is 0.718. The number of aromatic nitrogens is 1. The Hall–Kier alpha value is -2.67. The van der Waals surface area contributed by atoms with E-state index in [1.54, 1.807) is 24.3 Å². The van der Waals surface area contributed by atoms with Crippen molar-refractivity contribution in [1.82, 2.24) is 10.3 Å². The van der Waals surface area contributed by atoms with Crippen LogP contribution in [0.2, 0.25) is 0 Å². The monoisotopic (exact) mass is 346 g/mol. The zero-order valence-electron chi connectivity index (χ0n) is 13.2. The minimum absolute atomic E-state index is 0.0340. The van der Waals surface area contributed by atoms with Gasteiger partial charge in [-0.3, -0.25) is 4.79 Å². The largest absolute Gasteiger partial charge is 0.489 e. The van der Waals surface area contributed by atoms with E-state index in [1.807, 2.05) is 6.92 Å². The molecule has 0 saturated heterocycles. The second kappa shape index (κ2) is 8.26. The predicted molar refractivity (Wildman–Crippen MR) is 91.9 cm³/mol. The summed E-state index contributed by atoms with van der Waals surface area (Å²) in [5, 5.41) is 13.8. The van der Waals surface area contributed by atoms with Gasteiger partial charge >= 0.3 is 5.97 Å². The van der Waals surface area contributed by atoms with Crippen LogP contribution in [0.1, 0.15) is 32.8 Å². The number of nitrogens with one attached hydrogen (secondary N) is 1. The molecule has 24 heavy (non-hydrogen) atoms. The molecule has 1 heterocycles. The summed E-state index contributed by atoms with van der Waals surface area (Å²) in [6.07, 6.45) is 0.490. The van der Waals surface area contributed by atoms with Crippen LogP contribution in [0.25, 0.3) is 0 Å². The van der Waals surface area contributed by atoms with Crippen molar-refractivity contribution in [3.8, 4) is 5.75 Å². The molecule has 6 nitrogen and oxygen atoms in total. The van der Waals surface area contributed by atoms with Gasteiger partial charge in [0.25, 0.3) is 5.91 Å². The SMILES string of the molecule is C=C(C)COc1ccc(C(=O)NCCc2nc(C(=O)O)cs2)cc1. The summed E-state index contributed by atoms with van der Waals surface area (Å²) < 4.78 is 5.48. The lowest BCUT2D eigenvalue weighted by molar-refractivity contribution is 0.0690. The van der Waals surface area contributed by atoms with E-state index in [2.05, 4.69) is 16.9 Å². The summed E-state index contributed by atoms with van der Waals surface area (Å²) in [5.41, 5.74) is 1.49. The van der Waals surface area contributed by atoms with Gasteiger partial charge in [0.15, 0.2) is 5.69 Å². The molecule has 7 heteroatoms. The van der Waals surface area contributed by atoms with Gasteiger partial charge in [0.05, 0.1) is 5.01 Å². The van der Waals surface area contributed by atoms with Gasteiger partial charge in [-0.05, 0) is 36.8 Å². The van der Waals surface area contributed by atoms with E-state index in [9.17, 15) is 9.59 Å². The van der Waals surface area contributed by atoms with E-state index in [0.29, 0.717) is 35.9 Å². The highest BCUT2D eigenvalue weighted by molar-refractivity contribution is 7.09. The van der Waals surface area contributed by atoms with Crippen molar-refractivity contribution in [2.75, 3.05) is 13.2 Å². The number of aromatic carboxylic acids is 1. The lowest BCUT2D eigenvalue weighted by Gasteiger charge is -2.07. The standard InChI is InChI=1S/C17H18N2O4S/c1-11(2)9-23-13-5-3-12(4-6-13)16(20)18-8-7-15-19-14(10-24-15)17(21)22/h3-6,10H,1,7-9H2,2H3,(H,18,20)(H,21,22). The third-order valence-corrected chi connectivity index (χ3v) is 3.91. The molecule has 0 bridgehead atoms. The number of amides is 1. The molecular weight excluding hydrogens is 328 g/mol. The number of hydrogen-bond donors (Lipinski definition) is 2. The highest BCUT2D eigenvalue weighted by atomic mass is 32.1. The van der Waals surface area contributed by atoms with Crippen molar-refractivity contribution >= 4 is 23.2 Å². The van der Waals surface area contributed by atoms with Crippen LogP contribution in [0, 0.1) is 0 Å². The second-order valence-corrected chi connectivity index (χ2v) is 6.15. The van der Waals surface area contributed by atoms with Crippen LogP contribution >= 0.6 is 11.3 Å². The van der Waals surface area contributed by atoms with Crippen LogP contribution in [0.4, 0.5) is 0 Å². The number of ether oxygens (including phenoxy) is 1. The molecule has 0 saturated carbocycles. The zero-order valence-corrected chi connectivity index (χ0v) is 14.1. The molecule has 0 aliphatic heterocycles. The number of hydrogen-bond acceptors (Lipinski definition) is 5. The van der Waals surface area contributed by atoms with Gasteiger partial charge in [-0.2, -0.15) is 0 Å². The Morgan fingerprint density at radius 3 is 2.62 bits per heavy atom. The highest BCUT2D eigenvalue weighted by Gasteiger charge is 2.09. The second-order valence-electron chi connectivity index (χ2n) is 5.21. The van der Waals surface area contributed by atoms with Crippen molar-refractivity contribution in [3.05, 3.63) is 58.1 Å².